The number of anilines is 1. The number of benzene rings is 1. The molecule has 4 rings (SSSR count). The summed E-state index contributed by atoms with van der Waals surface area (Å²) in [6.07, 6.45) is 1.69. The summed E-state index contributed by atoms with van der Waals surface area (Å²) >= 11 is 0. The molecule has 27 heavy (non-hydrogen) atoms. The average Bonchev–Trinajstić information content (AvgIpc) is 3.04. The zero-order chi connectivity index (χ0) is 19.3. The SMILES string of the molecule is Cc1cccc(C2=NCc3nc(N4CCC(C)(N)CC4)n(C)c(=O)c32)c1F. The number of fused-ring (bicyclic) bond motifs is 1. The number of aromatic nitrogens is 2. The Bertz CT molecular complexity index is 998. The fraction of sp³-hybridized carbons (Fsp3) is 0.450. The highest BCUT2D eigenvalue weighted by Gasteiger charge is 2.31. The van der Waals surface area contributed by atoms with Crippen LogP contribution in [0, 0.1) is 12.7 Å². The Kier molecular flexibility index (Phi) is 4.14. The Balaban J connectivity index is 1.75. The van der Waals surface area contributed by atoms with Crippen molar-refractivity contribution in [3.63, 3.8) is 0 Å². The van der Waals surface area contributed by atoms with Crippen LogP contribution in [0.25, 0.3) is 0 Å². The summed E-state index contributed by atoms with van der Waals surface area (Å²) < 4.78 is 16.1. The molecule has 2 aliphatic rings. The molecule has 2 aliphatic heterocycles. The van der Waals surface area contributed by atoms with E-state index in [1.807, 2.05) is 0 Å². The fourth-order valence-corrected chi connectivity index (χ4v) is 3.77. The molecule has 0 amide bonds. The summed E-state index contributed by atoms with van der Waals surface area (Å²) in [5, 5.41) is 0. The molecule has 7 heteroatoms. The maximum Gasteiger partial charge on any atom is 0.264 e. The highest BCUT2D eigenvalue weighted by atomic mass is 19.1. The van der Waals surface area contributed by atoms with Gasteiger partial charge in [0.2, 0.25) is 5.95 Å². The number of hydrogen-bond donors (Lipinski definition) is 1. The number of aryl methyl sites for hydroxylation is 1. The van der Waals surface area contributed by atoms with Crippen molar-refractivity contribution >= 4 is 11.7 Å². The van der Waals surface area contributed by atoms with Gasteiger partial charge in [-0.05, 0) is 38.3 Å². The Morgan fingerprint density at radius 3 is 2.67 bits per heavy atom. The molecular formula is C20H24FN5O. The summed E-state index contributed by atoms with van der Waals surface area (Å²) in [5.74, 6) is 0.295. The minimum absolute atomic E-state index is 0.176. The summed E-state index contributed by atoms with van der Waals surface area (Å²) in [5.41, 5.74) is 8.17. The van der Waals surface area contributed by atoms with Crippen molar-refractivity contribution in [2.24, 2.45) is 17.8 Å². The van der Waals surface area contributed by atoms with E-state index in [0.29, 0.717) is 40.6 Å². The van der Waals surface area contributed by atoms with E-state index in [4.69, 9.17) is 10.7 Å². The molecular weight excluding hydrogens is 345 g/mol. The molecule has 0 atom stereocenters. The second-order valence-electron chi connectivity index (χ2n) is 7.84. The van der Waals surface area contributed by atoms with Crippen LogP contribution in [0.3, 0.4) is 0 Å². The van der Waals surface area contributed by atoms with Crippen molar-refractivity contribution in [1.29, 1.82) is 0 Å². The molecule has 1 aromatic heterocycles. The van der Waals surface area contributed by atoms with E-state index in [-0.39, 0.29) is 16.9 Å². The zero-order valence-corrected chi connectivity index (χ0v) is 15.9. The van der Waals surface area contributed by atoms with Crippen LogP contribution in [0.1, 0.15) is 42.1 Å². The summed E-state index contributed by atoms with van der Waals surface area (Å²) in [4.78, 5) is 24.4. The van der Waals surface area contributed by atoms with Gasteiger partial charge >= 0.3 is 0 Å². The van der Waals surface area contributed by atoms with Crippen LogP contribution in [-0.2, 0) is 13.6 Å². The molecule has 2 N–H and O–H groups in total. The molecule has 0 unspecified atom stereocenters. The van der Waals surface area contributed by atoms with E-state index in [2.05, 4.69) is 16.8 Å². The number of hydrogen-bond acceptors (Lipinski definition) is 5. The van der Waals surface area contributed by atoms with Crippen molar-refractivity contribution in [2.45, 2.75) is 38.8 Å². The first kappa shape index (κ1) is 17.9. The van der Waals surface area contributed by atoms with Crippen LogP contribution < -0.4 is 16.2 Å². The number of halogens is 1. The first-order valence-electron chi connectivity index (χ1n) is 9.22. The predicted octanol–water partition coefficient (Wildman–Crippen LogP) is 1.90. The van der Waals surface area contributed by atoms with E-state index in [1.165, 1.54) is 0 Å². The molecule has 0 bridgehead atoms. The van der Waals surface area contributed by atoms with Gasteiger partial charge in [-0.25, -0.2) is 9.37 Å². The smallest absolute Gasteiger partial charge is 0.264 e. The minimum Gasteiger partial charge on any atom is -0.342 e. The van der Waals surface area contributed by atoms with Gasteiger partial charge in [-0.1, -0.05) is 12.1 Å². The Hall–Kier alpha value is -2.54. The molecule has 1 fully saturated rings. The van der Waals surface area contributed by atoms with Gasteiger partial charge in [0.15, 0.2) is 0 Å². The Morgan fingerprint density at radius 2 is 1.96 bits per heavy atom. The molecule has 142 valence electrons. The van der Waals surface area contributed by atoms with Gasteiger partial charge in [0.1, 0.15) is 5.82 Å². The third-order valence-corrected chi connectivity index (χ3v) is 5.60. The van der Waals surface area contributed by atoms with Gasteiger partial charge in [-0.3, -0.25) is 14.4 Å². The third-order valence-electron chi connectivity index (χ3n) is 5.60. The summed E-state index contributed by atoms with van der Waals surface area (Å²) in [6.45, 7) is 5.56. The van der Waals surface area contributed by atoms with Crippen LogP contribution in [0.5, 0.6) is 0 Å². The van der Waals surface area contributed by atoms with Gasteiger partial charge in [0.05, 0.1) is 23.5 Å². The predicted molar refractivity (Wildman–Crippen MR) is 104 cm³/mol. The number of piperidine rings is 1. The average molecular weight is 369 g/mol. The monoisotopic (exact) mass is 369 g/mol. The lowest BCUT2D eigenvalue weighted by Crippen LogP contribution is -2.49. The number of rotatable bonds is 2. The van der Waals surface area contributed by atoms with E-state index in [9.17, 15) is 9.18 Å². The van der Waals surface area contributed by atoms with Crippen LogP contribution in [0.2, 0.25) is 0 Å². The molecule has 1 saturated heterocycles. The maximum absolute atomic E-state index is 14.6. The van der Waals surface area contributed by atoms with E-state index >= 15 is 0 Å². The second-order valence-corrected chi connectivity index (χ2v) is 7.84. The minimum atomic E-state index is -0.339. The highest BCUT2D eigenvalue weighted by molar-refractivity contribution is 6.15. The fourth-order valence-electron chi connectivity index (χ4n) is 3.77. The summed E-state index contributed by atoms with van der Waals surface area (Å²) in [6, 6.07) is 5.14. The largest absolute Gasteiger partial charge is 0.342 e. The number of nitrogens with two attached hydrogens (primary N) is 1. The number of nitrogens with zero attached hydrogens (tertiary/aromatic N) is 4. The lowest BCUT2D eigenvalue weighted by molar-refractivity contribution is 0.360. The van der Waals surface area contributed by atoms with Crippen LogP contribution in [-0.4, -0.2) is 33.9 Å². The normalized spacial score (nSPS) is 18.4. The first-order chi connectivity index (χ1) is 12.8. The molecule has 3 heterocycles. The Labute approximate surface area is 157 Å². The first-order valence-corrected chi connectivity index (χ1v) is 9.22. The summed E-state index contributed by atoms with van der Waals surface area (Å²) in [7, 11) is 1.71. The van der Waals surface area contributed by atoms with Crippen LogP contribution >= 0.6 is 0 Å². The molecule has 0 aliphatic carbocycles. The standard InChI is InChI=1S/C20H24FN5O/c1-12-5-4-6-13(16(12)21)17-15-14(11-23-17)24-19(25(3)18(15)27)26-9-7-20(2,22)8-10-26/h4-6H,7-11,22H2,1-3H3. The van der Waals surface area contributed by atoms with E-state index in [1.54, 1.807) is 36.7 Å². The quantitative estimate of drug-likeness (QED) is 0.877. The van der Waals surface area contributed by atoms with Gasteiger partial charge in [0, 0.05) is 31.2 Å². The van der Waals surface area contributed by atoms with E-state index in [0.717, 1.165) is 25.9 Å². The van der Waals surface area contributed by atoms with Gasteiger partial charge in [0.25, 0.3) is 5.56 Å². The molecule has 0 spiro atoms. The van der Waals surface area contributed by atoms with Crippen LogP contribution in [0.15, 0.2) is 28.0 Å². The van der Waals surface area contributed by atoms with Gasteiger partial charge in [-0.15, -0.1) is 0 Å². The molecule has 2 aromatic rings. The maximum atomic E-state index is 14.6. The second kappa shape index (κ2) is 6.27. The van der Waals surface area contributed by atoms with Crippen molar-refractivity contribution in [3.05, 3.63) is 56.8 Å². The molecule has 6 nitrogen and oxygen atoms in total. The highest BCUT2D eigenvalue weighted by Crippen LogP contribution is 2.26. The topological polar surface area (TPSA) is 76.5 Å². The Morgan fingerprint density at radius 1 is 1.26 bits per heavy atom. The van der Waals surface area contributed by atoms with Gasteiger partial charge < -0.3 is 10.6 Å². The molecule has 1 aromatic carbocycles. The lowest BCUT2D eigenvalue weighted by atomic mass is 9.91. The number of aliphatic imine (C=N–C) groups is 1. The van der Waals surface area contributed by atoms with Crippen molar-refractivity contribution < 1.29 is 4.39 Å². The van der Waals surface area contributed by atoms with Crippen molar-refractivity contribution in [3.8, 4) is 0 Å². The molecule has 0 saturated carbocycles. The third kappa shape index (κ3) is 2.96. The van der Waals surface area contributed by atoms with E-state index < -0.39 is 0 Å². The van der Waals surface area contributed by atoms with Gasteiger partial charge in [-0.2, -0.15) is 0 Å². The lowest BCUT2D eigenvalue weighted by Gasteiger charge is -2.37. The molecule has 0 radical (unpaired) electrons. The van der Waals surface area contributed by atoms with Crippen molar-refractivity contribution in [1.82, 2.24) is 9.55 Å². The van der Waals surface area contributed by atoms with Crippen molar-refractivity contribution in [2.75, 3.05) is 18.0 Å². The van der Waals surface area contributed by atoms with Crippen LogP contribution in [0.4, 0.5) is 10.3 Å². The zero-order valence-electron chi connectivity index (χ0n) is 15.9.